The normalized spacial score (nSPS) is 12.7. The molecule has 36 heavy (non-hydrogen) atoms. The van der Waals surface area contributed by atoms with Crippen LogP contribution in [-0.2, 0) is 15.9 Å². The molecule has 2 aromatic heterocycles. The standard InChI is InChI=1S/C27H29N5O4/c1-33-11-13-35-23-8-4-19(16-24(23)36-14-12-34-2)26-27(32-10-9-29-17-25(32)31-26)30-20-5-6-21-18(15-20)3-7-22(21)28/h4-6,8-10,15-17,28,30H,3,7,11-14H2,1-2H3. The molecule has 186 valence electrons. The molecule has 0 bridgehead atoms. The molecular weight excluding hydrogens is 458 g/mol. The minimum atomic E-state index is 0.394. The van der Waals surface area contributed by atoms with Crippen molar-refractivity contribution in [3.8, 4) is 22.8 Å². The molecule has 0 unspecified atom stereocenters. The predicted octanol–water partition coefficient (Wildman–Crippen LogP) is 4.50. The molecule has 0 spiro atoms. The summed E-state index contributed by atoms with van der Waals surface area (Å²) in [5.41, 5.74) is 6.22. The number of nitrogens with one attached hydrogen (secondary N) is 2. The molecule has 0 radical (unpaired) electrons. The maximum absolute atomic E-state index is 8.12. The van der Waals surface area contributed by atoms with Gasteiger partial charge in [-0.1, -0.05) is 6.07 Å². The molecule has 0 aliphatic heterocycles. The molecule has 2 N–H and O–H groups in total. The first-order chi connectivity index (χ1) is 17.7. The van der Waals surface area contributed by atoms with Gasteiger partial charge in [0.05, 0.1) is 19.4 Å². The molecule has 0 fully saturated rings. The Labute approximate surface area is 209 Å². The average molecular weight is 488 g/mol. The summed E-state index contributed by atoms with van der Waals surface area (Å²) in [4.78, 5) is 9.11. The molecule has 0 amide bonds. The number of fused-ring (bicyclic) bond motifs is 2. The van der Waals surface area contributed by atoms with Crippen LogP contribution in [0.5, 0.6) is 11.5 Å². The van der Waals surface area contributed by atoms with E-state index < -0.39 is 0 Å². The Hall–Kier alpha value is -3.95. The van der Waals surface area contributed by atoms with E-state index in [0.717, 1.165) is 46.8 Å². The fraction of sp³-hybridized carbons (Fsp3) is 0.296. The second-order valence-electron chi connectivity index (χ2n) is 8.43. The second-order valence-corrected chi connectivity index (χ2v) is 8.43. The molecule has 1 aliphatic carbocycles. The minimum Gasteiger partial charge on any atom is -0.487 e. The number of methoxy groups -OCH3 is 2. The van der Waals surface area contributed by atoms with Gasteiger partial charge in [-0.25, -0.2) is 4.98 Å². The first kappa shape index (κ1) is 23.8. The van der Waals surface area contributed by atoms with Crippen LogP contribution in [0.1, 0.15) is 17.5 Å². The number of hydrogen-bond donors (Lipinski definition) is 2. The van der Waals surface area contributed by atoms with Crippen molar-refractivity contribution in [2.75, 3.05) is 46.0 Å². The number of nitrogens with zero attached hydrogens (tertiary/aromatic N) is 3. The minimum absolute atomic E-state index is 0.394. The van der Waals surface area contributed by atoms with Crippen LogP contribution in [0, 0.1) is 5.41 Å². The Bertz CT molecular complexity index is 1380. The highest BCUT2D eigenvalue weighted by atomic mass is 16.5. The zero-order valence-corrected chi connectivity index (χ0v) is 20.4. The van der Waals surface area contributed by atoms with E-state index in [2.05, 4.69) is 16.4 Å². The maximum atomic E-state index is 8.12. The van der Waals surface area contributed by atoms with Crippen LogP contribution in [0.3, 0.4) is 0 Å². The molecule has 2 heterocycles. The van der Waals surface area contributed by atoms with E-state index >= 15 is 0 Å². The Kier molecular flexibility index (Phi) is 7.11. The Balaban J connectivity index is 1.53. The van der Waals surface area contributed by atoms with Crippen molar-refractivity contribution in [2.24, 2.45) is 0 Å². The smallest absolute Gasteiger partial charge is 0.161 e. The molecule has 0 atom stereocenters. The van der Waals surface area contributed by atoms with Crippen molar-refractivity contribution >= 4 is 22.9 Å². The molecule has 5 rings (SSSR count). The van der Waals surface area contributed by atoms with Crippen LogP contribution in [0.15, 0.2) is 55.0 Å². The first-order valence-corrected chi connectivity index (χ1v) is 11.9. The lowest BCUT2D eigenvalue weighted by Crippen LogP contribution is -2.08. The van der Waals surface area contributed by atoms with E-state index in [0.29, 0.717) is 43.6 Å². The average Bonchev–Trinajstić information content (AvgIpc) is 3.45. The third-order valence-corrected chi connectivity index (χ3v) is 6.07. The molecule has 2 aromatic carbocycles. The van der Waals surface area contributed by atoms with Crippen molar-refractivity contribution in [1.29, 1.82) is 5.41 Å². The highest BCUT2D eigenvalue weighted by Crippen LogP contribution is 2.37. The van der Waals surface area contributed by atoms with Crippen LogP contribution >= 0.6 is 0 Å². The van der Waals surface area contributed by atoms with E-state index in [1.54, 1.807) is 26.6 Å². The number of rotatable bonds is 11. The highest BCUT2D eigenvalue weighted by molar-refractivity contribution is 6.02. The van der Waals surface area contributed by atoms with Crippen LogP contribution in [0.25, 0.3) is 16.9 Å². The number of aryl methyl sites for hydroxylation is 1. The number of benzene rings is 2. The number of aromatic nitrogens is 3. The number of imidazole rings is 1. The zero-order valence-electron chi connectivity index (χ0n) is 20.4. The van der Waals surface area contributed by atoms with Gasteiger partial charge in [0.15, 0.2) is 17.1 Å². The quantitative estimate of drug-likeness (QED) is 0.300. The molecule has 9 heteroatoms. The maximum Gasteiger partial charge on any atom is 0.161 e. The van der Waals surface area contributed by atoms with E-state index in [1.165, 1.54) is 5.56 Å². The summed E-state index contributed by atoms with van der Waals surface area (Å²) in [7, 11) is 3.28. The topological polar surface area (TPSA) is 103 Å². The van der Waals surface area contributed by atoms with Crippen LogP contribution in [0.4, 0.5) is 11.5 Å². The summed E-state index contributed by atoms with van der Waals surface area (Å²) in [5, 5.41) is 11.7. The summed E-state index contributed by atoms with van der Waals surface area (Å²) in [5.74, 6) is 2.06. The number of anilines is 2. The molecular formula is C27H29N5O4. The molecule has 1 aliphatic rings. The van der Waals surface area contributed by atoms with Crippen molar-refractivity contribution in [1.82, 2.24) is 14.4 Å². The molecule has 4 aromatic rings. The Morgan fingerprint density at radius 2 is 1.75 bits per heavy atom. The van der Waals surface area contributed by atoms with Gasteiger partial charge >= 0.3 is 0 Å². The van der Waals surface area contributed by atoms with Crippen molar-refractivity contribution < 1.29 is 18.9 Å². The first-order valence-electron chi connectivity index (χ1n) is 11.9. The summed E-state index contributed by atoms with van der Waals surface area (Å²) in [6, 6.07) is 11.9. The Morgan fingerprint density at radius 3 is 2.56 bits per heavy atom. The van der Waals surface area contributed by atoms with Gasteiger partial charge in [-0.15, -0.1) is 0 Å². The van der Waals surface area contributed by atoms with E-state index in [-0.39, 0.29) is 0 Å². The van der Waals surface area contributed by atoms with Crippen LogP contribution < -0.4 is 14.8 Å². The van der Waals surface area contributed by atoms with Crippen LogP contribution in [0.2, 0.25) is 0 Å². The Morgan fingerprint density at radius 1 is 0.944 bits per heavy atom. The molecule has 0 saturated carbocycles. The van der Waals surface area contributed by atoms with Gasteiger partial charge in [-0.05, 0) is 54.3 Å². The lowest BCUT2D eigenvalue weighted by atomic mass is 10.1. The third kappa shape index (κ3) is 4.89. The molecule has 0 saturated heterocycles. The van der Waals surface area contributed by atoms with Gasteiger partial charge in [0.25, 0.3) is 0 Å². The summed E-state index contributed by atoms with van der Waals surface area (Å²) < 4.78 is 24.1. The van der Waals surface area contributed by atoms with Crippen LogP contribution in [-0.4, -0.2) is 60.7 Å². The number of hydrogen-bond acceptors (Lipinski definition) is 8. The van der Waals surface area contributed by atoms with E-state index in [1.807, 2.05) is 40.9 Å². The third-order valence-electron chi connectivity index (χ3n) is 6.07. The summed E-state index contributed by atoms with van der Waals surface area (Å²) in [6.45, 7) is 1.75. The van der Waals surface area contributed by atoms with Crippen molar-refractivity contribution in [2.45, 2.75) is 12.8 Å². The van der Waals surface area contributed by atoms with Crippen molar-refractivity contribution in [3.05, 3.63) is 66.1 Å². The van der Waals surface area contributed by atoms with Crippen molar-refractivity contribution in [3.63, 3.8) is 0 Å². The van der Waals surface area contributed by atoms with Gasteiger partial charge in [0.2, 0.25) is 0 Å². The van der Waals surface area contributed by atoms with Gasteiger partial charge < -0.3 is 29.7 Å². The number of ether oxygens (including phenoxy) is 4. The lowest BCUT2D eigenvalue weighted by Gasteiger charge is -2.15. The highest BCUT2D eigenvalue weighted by Gasteiger charge is 2.20. The monoisotopic (exact) mass is 487 g/mol. The van der Waals surface area contributed by atoms with E-state index in [9.17, 15) is 0 Å². The predicted molar refractivity (Wildman–Crippen MR) is 138 cm³/mol. The SMILES string of the molecule is COCCOc1ccc(-c2nc3cnccn3c2Nc2ccc3c(c2)CCC3=N)cc1OCCOC. The zero-order chi connectivity index (χ0) is 24.9. The fourth-order valence-corrected chi connectivity index (χ4v) is 4.29. The lowest BCUT2D eigenvalue weighted by molar-refractivity contribution is 0.132. The largest absolute Gasteiger partial charge is 0.487 e. The molecule has 9 nitrogen and oxygen atoms in total. The van der Waals surface area contributed by atoms with Gasteiger partial charge in [0, 0.05) is 43.6 Å². The van der Waals surface area contributed by atoms with Gasteiger partial charge in [-0.2, -0.15) is 0 Å². The fourth-order valence-electron chi connectivity index (χ4n) is 4.29. The summed E-state index contributed by atoms with van der Waals surface area (Å²) in [6.07, 6.45) is 7.03. The van der Waals surface area contributed by atoms with Gasteiger partial charge in [0.1, 0.15) is 24.7 Å². The van der Waals surface area contributed by atoms with Gasteiger partial charge in [-0.3, -0.25) is 9.38 Å². The van der Waals surface area contributed by atoms with E-state index in [4.69, 9.17) is 29.3 Å². The second kappa shape index (κ2) is 10.8. The summed E-state index contributed by atoms with van der Waals surface area (Å²) >= 11 is 0.